The Morgan fingerprint density at radius 3 is 1.42 bits per heavy atom. The van der Waals surface area contributed by atoms with Crippen molar-refractivity contribution >= 4 is 5.97 Å². The van der Waals surface area contributed by atoms with Crippen LogP contribution in [0.5, 0.6) is 0 Å². The van der Waals surface area contributed by atoms with Gasteiger partial charge in [-0.15, -0.1) is 0 Å². The number of quaternary nitrogens is 1. The van der Waals surface area contributed by atoms with Crippen molar-refractivity contribution in [2.24, 2.45) is 5.84 Å². The minimum Gasteiger partial charge on any atom is -0.542 e. The Kier molecular flexibility index (Phi) is 4.89. The van der Waals surface area contributed by atoms with Gasteiger partial charge in [0, 0.05) is 0 Å². The number of alkyl halides is 3. The van der Waals surface area contributed by atoms with E-state index in [1.807, 2.05) is 21.1 Å². The predicted molar refractivity (Wildman–Crippen MR) is 33.3 cm³/mol. The summed E-state index contributed by atoms with van der Waals surface area (Å²) in [6, 6.07) is 0. The van der Waals surface area contributed by atoms with E-state index in [9.17, 15) is 13.2 Å². The zero-order valence-corrected chi connectivity index (χ0v) is 6.97. The zero-order chi connectivity index (χ0) is 10.6. The fourth-order valence-corrected chi connectivity index (χ4v) is 0. The molecule has 2 N–H and O–H groups in total. The lowest BCUT2D eigenvalue weighted by Crippen LogP contribution is -2.41. The number of halogens is 3. The molecule has 0 aromatic heterocycles. The summed E-state index contributed by atoms with van der Waals surface area (Å²) in [6.45, 7) is 0. The van der Waals surface area contributed by atoms with E-state index in [2.05, 4.69) is 0 Å². The van der Waals surface area contributed by atoms with Crippen LogP contribution in [0.4, 0.5) is 13.2 Å². The molecular weight excluding hydrogens is 177 g/mol. The molecule has 0 aliphatic carbocycles. The second-order valence-electron chi connectivity index (χ2n) is 2.90. The molecule has 0 saturated heterocycles. The van der Waals surface area contributed by atoms with Gasteiger partial charge < -0.3 is 9.90 Å². The van der Waals surface area contributed by atoms with Gasteiger partial charge in [-0.05, 0) is 0 Å². The number of aliphatic carboxylic acids is 1. The number of carboxylic acids is 1. The summed E-state index contributed by atoms with van der Waals surface area (Å²) in [6.07, 6.45) is -5.19. The number of carboxylic acid groups (broad SMARTS) is 1. The number of rotatable bonds is 0. The van der Waals surface area contributed by atoms with Crippen molar-refractivity contribution in [3.8, 4) is 0 Å². The summed E-state index contributed by atoms with van der Waals surface area (Å²) < 4.78 is 32.0. The topological polar surface area (TPSA) is 66.2 Å². The van der Waals surface area contributed by atoms with E-state index in [0.29, 0.717) is 4.59 Å². The quantitative estimate of drug-likeness (QED) is 0.297. The van der Waals surface area contributed by atoms with Gasteiger partial charge in [-0.2, -0.15) is 19.0 Å². The highest BCUT2D eigenvalue weighted by molar-refractivity contribution is 5.70. The minimum atomic E-state index is -5.19. The van der Waals surface area contributed by atoms with E-state index in [0.717, 1.165) is 0 Å². The number of hydrogen-bond acceptors (Lipinski definition) is 3. The minimum absolute atomic E-state index is 0.500. The summed E-state index contributed by atoms with van der Waals surface area (Å²) in [5, 5.41) is 8.78. The van der Waals surface area contributed by atoms with Gasteiger partial charge in [0.2, 0.25) is 0 Å². The molecule has 74 valence electrons. The average Bonchev–Trinajstić information content (AvgIpc) is 1.55. The van der Waals surface area contributed by atoms with Crippen LogP contribution in [0.1, 0.15) is 0 Å². The van der Waals surface area contributed by atoms with Crippen molar-refractivity contribution < 1.29 is 27.7 Å². The zero-order valence-electron chi connectivity index (χ0n) is 6.97. The third kappa shape index (κ3) is 22.9. The number of carbonyl (C=O) groups is 1. The molecular formula is C5H11F3N2O2. The van der Waals surface area contributed by atoms with Gasteiger partial charge in [0.25, 0.3) is 0 Å². The maximum atomic E-state index is 10.5. The van der Waals surface area contributed by atoms with Crippen LogP contribution in [-0.4, -0.2) is 37.9 Å². The van der Waals surface area contributed by atoms with Gasteiger partial charge in [0.15, 0.2) is 0 Å². The van der Waals surface area contributed by atoms with Gasteiger partial charge in [0.1, 0.15) is 5.97 Å². The van der Waals surface area contributed by atoms with E-state index in [1.54, 1.807) is 0 Å². The van der Waals surface area contributed by atoms with Crippen LogP contribution in [0, 0.1) is 0 Å². The molecule has 0 radical (unpaired) electrons. The first kappa shape index (κ1) is 13.7. The molecule has 0 aliphatic heterocycles. The molecule has 0 atom stereocenters. The monoisotopic (exact) mass is 188 g/mol. The van der Waals surface area contributed by atoms with Gasteiger partial charge >= 0.3 is 6.18 Å². The third-order valence-corrected chi connectivity index (χ3v) is 0.231. The Morgan fingerprint density at radius 1 is 1.33 bits per heavy atom. The van der Waals surface area contributed by atoms with Crippen LogP contribution in [0.15, 0.2) is 0 Å². The fraction of sp³-hybridized carbons (Fsp3) is 0.800. The lowest BCUT2D eigenvalue weighted by molar-refractivity contribution is -0.882. The maximum Gasteiger partial charge on any atom is 0.430 e. The molecule has 12 heavy (non-hydrogen) atoms. The molecule has 0 rings (SSSR count). The number of hydrogen-bond donors (Lipinski definition) is 1. The molecule has 4 nitrogen and oxygen atoms in total. The van der Waals surface area contributed by atoms with Crippen LogP contribution < -0.4 is 10.9 Å². The maximum absolute atomic E-state index is 10.5. The Bertz CT molecular complexity index is 144. The third-order valence-electron chi connectivity index (χ3n) is 0.231. The summed E-state index contributed by atoms with van der Waals surface area (Å²) in [5.74, 6) is 2.28. The smallest absolute Gasteiger partial charge is 0.430 e. The van der Waals surface area contributed by atoms with E-state index in [1.165, 1.54) is 0 Å². The predicted octanol–water partition coefficient (Wildman–Crippen LogP) is -1.14. The van der Waals surface area contributed by atoms with E-state index >= 15 is 0 Å². The molecule has 0 bridgehead atoms. The van der Waals surface area contributed by atoms with Crippen molar-refractivity contribution in [2.45, 2.75) is 6.18 Å². The van der Waals surface area contributed by atoms with Crippen molar-refractivity contribution in [3.05, 3.63) is 0 Å². The van der Waals surface area contributed by atoms with Crippen LogP contribution >= 0.6 is 0 Å². The molecule has 0 aromatic rings. The van der Waals surface area contributed by atoms with Crippen LogP contribution in [0.2, 0.25) is 0 Å². The number of nitrogens with two attached hydrogens (primary N) is 1. The van der Waals surface area contributed by atoms with Crippen molar-refractivity contribution in [1.82, 2.24) is 0 Å². The lowest BCUT2D eigenvalue weighted by Gasteiger charge is -2.12. The summed E-state index contributed by atoms with van der Waals surface area (Å²) in [7, 11) is 5.71. The summed E-state index contributed by atoms with van der Waals surface area (Å²) in [4.78, 5) is 8.78. The molecule has 0 saturated carbocycles. The summed E-state index contributed by atoms with van der Waals surface area (Å²) >= 11 is 0. The molecule has 7 heteroatoms. The molecule has 0 amide bonds. The normalized spacial score (nSPS) is 11.6. The Balaban J connectivity index is 0. The lowest BCUT2D eigenvalue weighted by atomic mass is 10.7. The second-order valence-corrected chi connectivity index (χ2v) is 2.90. The highest BCUT2D eigenvalue weighted by Crippen LogP contribution is 2.11. The fourth-order valence-electron chi connectivity index (χ4n) is 0. The van der Waals surface area contributed by atoms with Crippen molar-refractivity contribution in [3.63, 3.8) is 0 Å². The van der Waals surface area contributed by atoms with E-state index in [-0.39, 0.29) is 0 Å². The summed E-state index contributed by atoms with van der Waals surface area (Å²) in [5.41, 5.74) is 0. The van der Waals surface area contributed by atoms with Gasteiger partial charge in [0.05, 0.1) is 21.1 Å². The Morgan fingerprint density at radius 2 is 1.42 bits per heavy atom. The number of carbonyl (C=O) groups excluding carboxylic acids is 1. The van der Waals surface area contributed by atoms with Crippen LogP contribution in [0.25, 0.3) is 0 Å². The number of nitrogens with zero attached hydrogens (tertiary/aromatic N) is 1. The molecule has 0 spiro atoms. The first-order chi connectivity index (χ1) is 4.94. The molecule has 0 fully saturated rings. The van der Waals surface area contributed by atoms with Gasteiger partial charge in [-0.25, -0.2) is 0 Å². The van der Waals surface area contributed by atoms with Crippen molar-refractivity contribution in [1.29, 1.82) is 0 Å². The molecule has 0 heterocycles. The highest BCUT2D eigenvalue weighted by atomic mass is 19.4. The van der Waals surface area contributed by atoms with Crippen LogP contribution in [0.3, 0.4) is 0 Å². The van der Waals surface area contributed by atoms with Crippen molar-refractivity contribution in [2.75, 3.05) is 21.1 Å². The Labute approximate surface area is 67.9 Å². The molecule has 0 aromatic carbocycles. The molecule has 0 aliphatic rings. The van der Waals surface area contributed by atoms with Crippen LogP contribution in [-0.2, 0) is 4.79 Å². The first-order valence-corrected chi connectivity index (χ1v) is 2.83. The highest BCUT2D eigenvalue weighted by Gasteiger charge is 2.28. The van der Waals surface area contributed by atoms with Gasteiger partial charge in [-0.1, -0.05) is 0 Å². The van der Waals surface area contributed by atoms with E-state index < -0.39 is 12.1 Å². The standard InChI is InChI=1S/C3H11N2.C2HF3O2/c1-5(2,3)4;3-2(4,5)1(6)7/h4H2,1-3H3;(H,6,7)/q+1;/p-1. The largest absolute Gasteiger partial charge is 0.542 e. The average molecular weight is 188 g/mol. The molecule has 0 unspecified atom stereocenters. The SMILES string of the molecule is C[N+](C)(C)N.O=C([O-])C(F)(F)F. The first-order valence-electron chi connectivity index (χ1n) is 2.83. The second kappa shape index (κ2) is 4.27. The van der Waals surface area contributed by atoms with E-state index in [4.69, 9.17) is 15.7 Å². The Hall–Kier alpha value is -0.820. The van der Waals surface area contributed by atoms with Gasteiger partial charge in [-0.3, -0.25) is 4.59 Å².